The molecule has 6 heteroatoms. The second-order valence-corrected chi connectivity index (χ2v) is 8.48. The fourth-order valence-corrected chi connectivity index (χ4v) is 4.16. The highest BCUT2D eigenvalue weighted by atomic mass is 16.5. The first-order valence-electron chi connectivity index (χ1n) is 12.1. The Bertz CT molecular complexity index is 1470. The smallest absolute Gasteiger partial charge is 0.293 e. The van der Waals surface area contributed by atoms with Gasteiger partial charge in [-0.2, -0.15) is 0 Å². The van der Waals surface area contributed by atoms with Gasteiger partial charge in [0, 0.05) is 24.3 Å². The number of nitrogens with zero attached hydrogens (tertiary/aromatic N) is 1. The average molecular weight is 491 g/mol. The largest absolute Gasteiger partial charge is 0.459 e. The predicted octanol–water partition coefficient (Wildman–Crippen LogP) is 6.69. The van der Waals surface area contributed by atoms with Crippen molar-refractivity contribution in [3.63, 3.8) is 0 Å². The van der Waals surface area contributed by atoms with E-state index in [-0.39, 0.29) is 17.6 Å². The van der Waals surface area contributed by atoms with E-state index in [4.69, 9.17) is 9.15 Å². The maximum atomic E-state index is 13.2. The standard InChI is InChI=1S/C31H26N2O4/c34-30(28-14-6-10-23-9-4-5-13-27(23)28)32-20-8-21-33(31(35)29-15-7-22-36-29)24-16-18-26(19-17-24)37-25-11-2-1-3-12-25/h1-7,9-19,22H,8,20-21H2,(H,32,34). The van der Waals surface area contributed by atoms with Crippen LogP contribution in [0.5, 0.6) is 11.5 Å². The van der Waals surface area contributed by atoms with Crippen molar-refractivity contribution in [2.45, 2.75) is 6.42 Å². The van der Waals surface area contributed by atoms with E-state index in [1.807, 2.05) is 97.1 Å². The first kappa shape index (κ1) is 23.9. The number of nitrogens with one attached hydrogen (secondary N) is 1. The van der Waals surface area contributed by atoms with Crippen molar-refractivity contribution < 1.29 is 18.7 Å². The van der Waals surface area contributed by atoms with Crippen LogP contribution in [0, 0.1) is 0 Å². The van der Waals surface area contributed by atoms with E-state index in [1.165, 1.54) is 6.26 Å². The lowest BCUT2D eigenvalue weighted by atomic mass is 10.0. The average Bonchev–Trinajstić information content (AvgIpc) is 3.49. The van der Waals surface area contributed by atoms with Crippen molar-refractivity contribution in [2.75, 3.05) is 18.0 Å². The molecule has 0 saturated carbocycles. The summed E-state index contributed by atoms with van der Waals surface area (Å²) < 4.78 is 11.2. The molecule has 1 N–H and O–H groups in total. The van der Waals surface area contributed by atoms with Crippen LogP contribution < -0.4 is 15.0 Å². The van der Waals surface area contributed by atoms with Crippen molar-refractivity contribution in [3.05, 3.63) is 127 Å². The van der Waals surface area contributed by atoms with Gasteiger partial charge >= 0.3 is 0 Å². The summed E-state index contributed by atoms with van der Waals surface area (Å²) in [4.78, 5) is 27.7. The van der Waals surface area contributed by atoms with Gasteiger partial charge in [-0.1, -0.05) is 54.6 Å². The van der Waals surface area contributed by atoms with Gasteiger partial charge in [-0.3, -0.25) is 9.59 Å². The molecule has 0 bridgehead atoms. The van der Waals surface area contributed by atoms with Crippen LogP contribution in [0.3, 0.4) is 0 Å². The van der Waals surface area contributed by atoms with Crippen LogP contribution in [0.1, 0.15) is 27.3 Å². The minimum absolute atomic E-state index is 0.136. The second-order valence-electron chi connectivity index (χ2n) is 8.48. The molecule has 0 radical (unpaired) electrons. The van der Waals surface area contributed by atoms with Gasteiger partial charge in [0.1, 0.15) is 11.5 Å². The van der Waals surface area contributed by atoms with Gasteiger partial charge in [-0.05, 0) is 71.8 Å². The molecule has 5 rings (SSSR count). The quantitative estimate of drug-likeness (QED) is 0.234. The Morgan fingerprint density at radius 1 is 0.757 bits per heavy atom. The Morgan fingerprint density at radius 2 is 1.49 bits per heavy atom. The summed E-state index contributed by atoms with van der Waals surface area (Å²) in [6.07, 6.45) is 2.04. The lowest BCUT2D eigenvalue weighted by Gasteiger charge is -2.22. The maximum absolute atomic E-state index is 13.2. The fourth-order valence-electron chi connectivity index (χ4n) is 4.16. The molecule has 1 aromatic heterocycles. The number of benzene rings is 4. The normalized spacial score (nSPS) is 10.7. The molecule has 0 aliphatic rings. The highest BCUT2D eigenvalue weighted by Crippen LogP contribution is 2.26. The summed E-state index contributed by atoms with van der Waals surface area (Å²) in [7, 11) is 0. The van der Waals surface area contributed by atoms with Crippen LogP contribution in [-0.2, 0) is 0 Å². The third-order valence-corrected chi connectivity index (χ3v) is 5.98. The summed E-state index contributed by atoms with van der Waals surface area (Å²) in [5.74, 6) is 1.28. The molecule has 0 spiro atoms. The number of ether oxygens (including phenoxy) is 1. The molecule has 0 fully saturated rings. The van der Waals surface area contributed by atoms with Crippen LogP contribution in [0.25, 0.3) is 10.8 Å². The van der Waals surface area contributed by atoms with Crippen molar-refractivity contribution in [2.24, 2.45) is 0 Å². The summed E-state index contributed by atoms with van der Waals surface area (Å²) in [6.45, 7) is 0.813. The molecular weight excluding hydrogens is 464 g/mol. The molecule has 0 unspecified atom stereocenters. The molecule has 5 aromatic rings. The summed E-state index contributed by atoms with van der Waals surface area (Å²) in [5, 5.41) is 4.92. The summed E-state index contributed by atoms with van der Waals surface area (Å²) in [6, 6.07) is 33.7. The Kier molecular flexibility index (Phi) is 7.27. The molecule has 4 aromatic carbocycles. The highest BCUT2D eigenvalue weighted by Gasteiger charge is 2.20. The number of carbonyl (C=O) groups excluding carboxylic acids is 2. The molecule has 1 heterocycles. The number of carbonyl (C=O) groups is 2. The Hall–Kier alpha value is -4.84. The Balaban J connectivity index is 1.25. The van der Waals surface area contributed by atoms with Gasteiger partial charge in [-0.15, -0.1) is 0 Å². The molecule has 0 saturated heterocycles. The van der Waals surface area contributed by atoms with E-state index >= 15 is 0 Å². The van der Waals surface area contributed by atoms with Crippen molar-refractivity contribution in [1.82, 2.24) is 5.32 Å². The lowest BCUT2D eigenvalue weighted by Crippen LogP contribution is -2.34. The van der Waals surface area contributed by atoms with Gasteiger partial charge in [0.15, 0.2) is 5.76 Å². The van der Waals surface area contributed by atoms with E-state index in [0.29, 0.717) is 36.5 Å². The summed E-state index contributed by atoms with van der Waals surface area (Å²) >= 11 is 0. The van der Waals surface area contributed by atoms with Crippen LogP contribution in [-0.4, -0.2) is 24.9 Å². The highest BCUT2D eigenvalue weighted by molar-refractivity contribution is 6.07. The van der Waals surface area contributed by atoms with Gasteiger partial charge in [0.25, 0.3) is 11.8 Å². The predicted molar refractivity (Wildman–Crippen MR) is 144 cm³/mol. The zero-order valence-electron chi connectivity index (χ0n) is 20.2. The van der Waals surface area contributed by atoms with Crippen molar-refractivity contribution in [3.8, 4) is 11.5 Å². The van der Waals surface area contributed by atoms with Crippen LogP contribution in [0.15, 0.2) is 120 Å². The van der Waals surface area contributed by atoms with Gasteiger partial charge in [0.2, 0.25) is 0 Å². The number of rotatable bonds is 9. The second kappa shape index (κ2) is 11.3. The minimum Gasteiger partial charge on any atom is -0.459 e. The summed E-state index contributed by atoms with van der Waals surface area (Å²) in [5.41, 5.74) is 1.35. The molecule has 2 amide bonds. The maximum Gasteiger partial charge on any atom is 0.293 e. The number of anilines is 1. The molecule has 0 aliphatic heterocycles. The topological polar surface area (TPSA) is 71.8 Å². The van der Waals surface area contributed by atoms with Crippen molar-refractivity contribution in [1.29, 1.82) is 0 Å². The first-order valence-corrected chi connectivity index (χ1v) is 12.1. The number of hydrogen-bond acceptors (Lipinski definition) is 4. The molecule has 0 atom stereocenters. The zero-order chi connectivity index (χ0) is 25.5. The van der Waals surface area contributed by atoms with E-state index in [0.717, 1.165) is 16.5 Å². The zero-order valence-corrected chi connectivity index (χ0v) is 20.2. The number of furan rings is 1. The molecule has 184 valence electrons. The molecule has 6 nitrogen and oxygen atoms in total. The number of fused-ring (bicyclic) bond motifs is 1. The van der Waals surface area contributed by atoms with E-state index in [9.17, 15) is 9.59 Å². The van der Waals surface area contributed by atoms with Gasteiger partial charge in [-0.25, -0.2) is 0 Å². The first-order chi connectivity index (χ1) is 18.2. The van der Waals surface area contributed by atoms with Crippen LogP contribution in [0.4, 0.5) is 5.69 Å². The van der Waals surface area contributed by atoms with Crippen LogP contribution >= 0.6 is 0 Å². The number of hydrogen-bond donors (Lipinski definition) is 1. The lowest BCUT2D eigenvalue weighted by molar-refractivity contribution is 0.0955. The number of amides is 2. The monoisotopic (exact) mass is 490 g/mol. The van der Waals surface area contributed by atoms with E-state index < -0.39 is 0 Å². The van der Waals surface area contributed by atoms with Crippen LogP contribution in [0.2, 0.25) is 0 Å². The minimum atomic E-state index is -0.248. The Morgan fingerprint density at radius 3 is 2.27 bits per heavy atom. The van der Waals surface area contributed by atoms with Gasteiger partial charge in [0.05, 0.1) is 6.26 Å². The SMILES string of the molecule is O=C(NCCCN(C(=O)c1ccco1)c1ccc(Oc2ccccc2)cc1)c1cccc2ccccc12. The third-order valence-electron chi connectivity index (χ3n) is 5.98. The van der Waals surface area contributed by atoms with Gasteiger partial charge < -0.3 is 19.4 Å². The Labute approximate surface area is 215 Å². The van der Waals surface area contributed by atoms with Crippen molar-refractivity contribution >= 4 is 28.3 Å². The fraction of sp³-hybridized carbons (Fsp3) is 0.0968. The number of para-hydroxylation sites is 1. The molecule has 37 heavy (non-hydrogen) atoms. The molecular formula is C31H26N2O4. The molecule has 0 aliphatic carbocycles. The van der Waals surface area contributed by atoms with E-state index in [1.54, 1.807) is 17.0 Å². The van der Waals surface area contributed by atoms with E-state index in [2.05, 4.69) is 5.32 Å². The third kappa shape index (κ3) is 5.70.